The number of aromatic nitrogens is 4. The first kappa shape index (κ1) is 18.7. The zero-order valence-electron chi connectivity index (χ0n) is 16.5. The first-order chi connectivity index (χ1) is 14.1. The molecule has 146 valence electrons. The van der Waals surface area contributed by atoms with E-state index in [9.17, 15) is 4.79 Å². The summed E-state index contributed by atoms with van der Waals surface area (Å²) in [4.78, 5) is 13.0. The van der Waals surface area contributed by atoms with E-state index in [1.54, 1.807) is 10.9 Å². The lowest BCUT2D eigenvalue weighted by Crippen LogP contribution is -2.27. The fraction of sp³-hybridized carbons (Fsp3) is 0.174. The van der Waals surface area contributed by atoms with Crippen LogP contribution in [0.1, 0.15) is 21.5 Å². The van der Waals surface area contributed by atoms with Gasteiger partial charge in [0.15, 0.2) is 0 Å². The summed E-state index contributed by atoms with van der Waals surface area (Å²) >= 11 is 0. The molecule has 0 saturated heterocycles. The van der Waals surface area contributed by atoms with E-state index in [0.29, 0.717) is 24.3 Å². The molecule has 4 rings (SSSR count). The second-order valence-corrected chi connectivity index (χ2v) is 7.08. The monoisotopic (exact) mass is 385 g/mol. The summed E-state index contributed by atoms with van der Waals surface area (Å²) in [6, 6.07) is 17.8. The van der Waals surface area contributed by atoms with Gasteiger partial charge >= 0.3 is 0 Å². The lowest BCUT2D eigenvalue weighted by molar-refractivity contribution is 0.0952. The van der Waals surface area contributed by atoms with Gasteiger partial charge in [-0.05, 0) is 37.6 Å². The van der Waals surface area contributed by atoms with Crippen molar-refractivity contribution in [1.82, 2.24) is 24.9 Å². The van der Waals surface area contributed by atoms with Crippen LogP contribution in [0.25, 0.3) is 16.9 Å². The minimum Gasteiger partial charge on any atom is -0.350 e. The second-order valence-electron chi connectivity index (χ2n) is 7.08. The smallest absolute Gasteiger partial charge is 0.255 e. The van der Waals surface area contributed by atoms with Gasteiger partial charge in [0.25, 0.3) is 5.91 Å². The van der Waals surface area contributed by atoms with Crippen molar-refractivity contribution in [3.63, 3.8) is 0 Å². The number of para-hydroxylation sites is 1. The zero-order valence-corrected chi connectivity index (χ0v) is 16.5. The summed E-state index contributed by atoms with van der Waals surface area (Å²) in [5, 5.41) is 12.0. The van der Waals surface area contributed by atoms with Crippen LogP contribution < -0.4 is 5.32 Å². The van der Waals surface area contributed by atoms with Crippen molar-refractivity contribution >= 4 is 5.91 Å². The molecule has 0 aliphatic heterocycles. The summed E-state index contributed by atoms with van der Waals surface area (Å²) in [6.45, 7) is 5.13. The molecule has 0 fully saturated rings. The van der Waals surface area contributed by atoms with Crippen molar-refractivity contribution in [1.29, 1.82) is 0 Å². The van der Waals surface area contributed by atoms with Gasteiger partial charge in [0.05, 0.1) is 24.0 Å². The van der Waals surface area contributed by atoms with Crippen molar-refractivity contribution in [3.05, 3.63) is 89.9 Å². The Bertz CT molecular complexity index is 1130. The maximum absolute atomic E-state index is 13.0. The highest BCUT2D eigenvalue weighted by atomic mass is 16.1. The van der Waals surface area contributed by atoms with Gasteiger partial charge in [-0.3, -0.25) is 9.48 Å². The molecule has 2 heterocycles. The van der Waals surface area contributed by atoms with Crippen molar-refractivity contribution in [2.24, 2.45) is 0 Å². The molecule has 6 heteroatoms. The maximum atomic E-state index is 13.0. The number of nitrogens with zero attached hydrogens (tertiary/aromatic N) is 4. The maximum Gasteiger partial charge on any atom is 0.255 e. The third kappa shape index (κ3) is 4.27. The molecule has 0 saturated carbocycles. The van der Waals surface area contributed by atoms with Crippen LogP contribution in [-0.2, 0) is 6.54 Å². The Labute approximate surface area is 169 Å². The molecule has 0 bridgehead atoms. The normalized spacial score (nSPS) is 10.8. The molecule has 2 aromatic carbocycles. The average molecular weight is 385 g/mol. The number of hydrogen-bond donors (Lipinski definition) is 1. The number of nitrogens with one attached hydrogen (secondary N) is 1. The van der Waals surface area contributed by atoms with Crippen LogP contribution in [0.15, 0.2) is 73.2 Å². The molecule has 0 atom stereocenters. The van der Waals surface area contributed by atoms with Gasteiger partial charge < -0.3 is 5.32 Å². The zero-order chi connectivity index (χ0) is 20.2. The standard InChI is InChI=1S/C23H23N5O/c1-17-7-6-8-19(13-17)22-21(16-28(26-22)20-9-4-3-5-10-20)23(29)24-11-12-27-15-18(2)14-25-27/h3-10,13-16H,11-12H2,1-2H3,(H,24,29). The molecule has 4 aromatic rings. The first-order valence-corrected chi connectivity index (χ1v) is 9.59. The SMILES string of the molecule is Cc1cccc(-c2nn(-c3ccccc3)cc2C(=O)NCCn2cc(C)cn2)c1. The Hall–Kier alpha value is -3.67. The predicted molar refractivity (Wildman–Crippen MR) is 113 cm³/mol. The number of amides is 1. The Morgan fingerprint density at radius 1 is 1.00 bits per heavy atom. The van der Waals surface area contributed by atoms with Crippen LogP contribution in [0.3, 0.4) is 0 Å². The lowest BCUT2D eigenvalue weighted by Gasteiger charge is -2.06. The molecule has 0 radical (unpaired) electrons. The van der Waals surface area contributed by atoms with Gasteiger partial charge in [-0.2, -0.15) is 10.2 Å². The molecule has 0 unspecified atom stereocenters. The number of carbonyl (C=O) groups excluding carboxylic acids is 1. The fourth-order valence-electron chi connectivity index (χ4n) is 3.23. The molecule has 2 aromatic heterocycles. The van der Waals surface area contributed by atoms with E-state index in [-0.39, 0.29) is 5.91 Å². The third-order valence-corrected chi connectivity index (χ3v) is 4.66. The molecule has 0 aliphatic rings. The predicted octanol–water partition coefficient (Wildman–Crippen LogP) is 3.78. The lowest BCUT2D eigenvalue weighted by atomic mass is 10.1. The highest BCUT2D eigenvalue weighted by Gasteiger charge is 2.18. The first-order valence-electron chi connectivity index (χ1n) is 9.59. The van der Waals surface area contributed by atoms with Gasteiger partial charge in [-0.1, -0.05) is 42.0 Å². The van der Waals surface area contributed by atoms with E-state index >= 15 is 0 Å². The van der Waals surface area contributed by atoms with Crippen LogP contribution in [0.4, 0.5) is 0 Å². The average Bonchev–Trinajstić information content (AvgIpc) is 3.35. The van der Waals surface area contributed by atoms with Crippen LogP contribution in [0.5, 0.6) is 0 Å². The second kappa shape index (κ2) is 8.14. The molecule has 1 amide bonds. The van der Waals surface area contributed by atoms with Gasteiger partial charge in [0, 0.05) is 24.5 Å². The van der Waals surface area contributed by atoms with E-state index in [1.807, 2.05) is 85.5 Å². The van der Waals surface area contributed by atoms with Crippen molar-refractivity contribution in [3.8, 4) is 16.9 Å². The minimum absolute atomic E-state index is 0.146. The quantitative estimate of drug-likeness (QED) is 0.549. The highest BCUT2D eigenvalue weighted by Crippen LogP contribution is 2.24. The summed E-state index contributed by atoms with van der Waals surface area (Å²) < 4.78 is 3.58. The van der Waals surface area contributed by atoms with E-state index in [2.05, 4.69) is 10.4 Å². The van der Waals surface area contributed by atoms with E-state index in [0.717, 1.165) is 22.4 Å². The molecule has 29 heavy (non-hydrogen) atoms. The molecule has 0 spiro atoms. The van der Waals surface area contributed by atoms with Crippen LogP contribution in [-0.4, -0.2) is 32.0 Å². The highest BCUT2D eigenvalue weighted by molar-refractivity contribution is 6.00. The molecule has 6 nitrogen and oxygen atoms in total. The van der Waals surface area contributed by atoms with Gasteiger partial charge in [0.1, 0.15) is 5.69 Å². The van der Waals surface area contributed by atoms with Crippen LogP contribution in [0.2, 0.25) is 0 Å². The Morgan fingerprint density at radius 3 is 2.55 bits per heavy atom. The van der Waals surface area contributed by atoms with Gasteiger partial charge in [-0.25, -0.2) is 4.68 Å². The largest absolute Gasteiger partial charge is 0.350 e. The van der Waals surface area contributed by atoms with Gasteiger partial charge in [-0.15, -0.1) is 0 Å². The van der Waals surface area contributed by atoms with E-state index in [4.69, 9.17) is 5.10 Å². The number of hydrogen-bond acceptors (Lipinski definition) is 3. The topological polar surface area (TPSA) is 64.7 Å². The van der Waals surface area contributed by atoms with Crippen LogP contribution in [0, 0.1) is 13.8 Å². The fourth-order valence-corrected chi connectivity index (χ4v) is 3.23. The van der Waals surface area contributed by atoms with Crippen molar-refractivity contribution in [2.75, 3.05) is 6.54 Å². The number of benzene rings is 2. The number of aryl methyl sites for hydroxylation is 2. The van der Waals surface area contributed by atoms with Crippen molar-refractivity contribution in [2.45, 2.75) is 20.4 Å². The Morgan fingerprint density at radius 2 is 1.83 bits per heavy atom. The Kier molecular flexibility index (Phi) is 5.24. The summed E-state index contributed by atoms with van der Waals surface area (Å²) in [5.74, 6) is -0.146. The minimum atomic E-state index is -0.146. The Balaban J connectivity index is 1.61. The summed E-state index contributed by atoms with van der Waals surface area (Å²) in [5.41, 5.74) is 5.28. The molecular formula is C23H23N5O. The number of carbonyl (C=O) groups is 1. The van der Waals surface area contributed by atoms with E-state index in [1.165, 1.54) is 0 Å². The summed E-state index contributed by atoms with van der Waals surface area (Å²) in [6.07, 6.45) is 5.56. The molecular weight excluding hydrogens is 362 g/mol. The summed E-state index contributed by atoms with van der Waals surface area (Å²) in [7, 11) is 0. The molecule has 0 aliphatic carbocycles. The van der Waals surface area contributed by atoms with Crippen LogP contribution >= 0.6 is 0 Å². The number of rotatable bonds is 6. The third-order valence-electron chi connectivity index (χ3n) is 4.66. The molecule has 1 N–H and O–H groups in total. The van der Waals surface area contributed by atoms with Crippen molar-refractivity contribution < 1.29 is 4.79 Å². The van der Waals surface area contributed by atoms with E-state index < -0.39 is 0 Å². The van der Waals surface area contributed by atoms with Gasteiger partial charge in [0.2, 0.25) is 0 Å².